The van der Waals surface area contributed by atoms with E-state index in [1.54, 1.807) is 20.3 Å². The molecule has 3 rings (SSSR count). The maximum absolute atomic E-state index is 12.4. The van der Waals surface area contributed by atoms with Gasteiger partial charge in [-0.3, -0.25) is 4.79 Å². The van der Waals surface area contributed by atoms with E-state index < -0.39 is 0 Å². The number of carbonyl (C=O) groups is 1. The van der Waals surface area contributed by atoms with Crippen molar-refractivity contribution in [2.24, 2.45) is 0 Å². The van der Waals surface area contributed by atoms with Crippen molar-refractivity contribution in [2.45, 2.75) is 6.54 Å². The van der Waals surface area contributed by atoms with E-state index in [1.807, 2.05) is 54.6 Å². The monoisotopic (exact) mass is 321 g/mol. The van der Waals surface area contributed by atoms with Crippen LogP contribution in [0.1, 0.15) is 15.9 Å². The Morgan fingerprint density at radius 2 is 1.71 bits per heavy atom. The molecular weight excluding hydrogens is 302 g/mol. The average Bonchev–Trinajstić information content (AvgIpc) is 2.65. The molecule has 4 heteroatoms. The number of amides is 1. The number of benzene rings is 3. The summed E-state index contributed by atoms with van der Waals surface area (Å²) in [5.74, 6) is 1.29. The topological polar surface area (TPSA) is 47.6 Å². The first-order valence-electron chi connectivity index (χ1n) is 7.69. The second-order valence-corrected chi connectivity index (χ2v) is 5.42. The molecular formula is C20H19NO3. The van der Waals surface area contributed by atoms with Gasteiger partial charge >= 0.3 is 0 Å². The van der Waals surface area contributed by atoms with Crippen LogP contribution in [0.3, 0.4) is 0 Å². The molecule has 0 unspecified atom stereocenters. The van der Waals surface area contributed by atoms with Gasteiger partial charge in [-0.05, 0) is 35.0 Å². The second kappa shape index (κ2) is 7.04. The van der Waals surface area contributed by atoms with Crippen LogP contribution in [0.4, 0.5) is 0 Å². The number of nitrogens with one attached hydrogen (secondary N) is 1. The average molecular weight is 321 g/mol. The largest absolute Gasteiger partial charge is 0.497 e. The minimum Gasteiger partial charge on any atom is -0.497 e. The van der Waals surface area contributed by atoms with Crippen LogP contribution in [0.25, 0.3) is 10.8 Å². The highest BCUT2D eigenvalue weighted by Gasteiger charge is 2.09. The van der Waals surface area contributed by atoms with Crippen LogP contribution in [0, 0.1) is 0 Å². The van der Waals surface area contributed by atoms with Gasteiger partial charge in [-0.2, -0.15) is 0 Å². The number of carbonyl (C=O) groups excluding carboxylic acids is 1. The molecule has 0 radical (unpaired) electrons. The van der Waals surface area contributed by atoms with Gasteiger partial charge in [0.05, 0.1) is 14.2 Å². The number of hydrogen-bond acceptors (Lipinski definition) is 3. The summed E-state index contributed by atoms with van der Waals surface area (Å²) in [6.07, 6.45) is 0. The molecule has 0 aliphatic rings. The lowest BCUT2D eigenvalue weighted by Gasteiger charge is -2.11. The molecule has 24 heavy (non-hydrogen) atoms. The van der Waals surface area contributed by atoms with Crippen molar-refractivity contribution in [3.63, 3.8) is 0 Å². The molecule has 122 valence electrons. The van der Waals surface area contributed by atoms with E-state index in [1.165, 1.54) is 0 Å². The molecule has 0 aliphatic heterocycles. The Hall–Kier alpha value is -3.01. The number of methoxy groups -OCH3 is 2. The summed E-state index contributed by atoms with van der Waals surface area (Å²) in [6.45, 7) is 0.388. The third kappa shape index (κ3) is 3.33. The molecule has 0 aromatic heterocycles. The first kappa shape index (κ1) is 15.9. The minimum atomic E-state index is -0.112. The van der Waals surface area contributed by atoms with E-state index >= 15 is 0 Å². The van der Waals surface area contributed by atoms with Crippen LogP contribution in [0.15, 0.2) is 60.7 Å². The van der Waals surface area contributed by atoms with Gasteiger partial charge < -0.3 is 14.8 Å². The molecule has 0 heterocycles. The Bertz CT molecular complexity index is 874. The van der Waals surface area contributed by atoms with Crippen LogP contribution in [0.5, 0.6) is 11.5 Å². The van der Waals surface area contributed by atoms with Crippen molar-refractivity contribution in [2.75, 3.05) is 14.2 Å². The lowest BCUT2D eigenvalue weighted by molar-refractivity contribution is 0.0951. The fraction of sp³-hybridized carbons (Fsp3) is 0.150. The Morgan fingerprint density at radius 1 is 0.917 bits per heavy atom. The molecule has 3 aromatic carbocycles. The molecule has 1 N–H and O–H groups in total. The molecule has 0 spiro atoms. The number of rotatable bonds is 5. The molecule has 0 atom stereocenters. The standard InChI is InChI=1S/C20H19NO3/c1-23-18-10-9-17(19(12-18)24-2)13-21-20(22)16-8-7-14-5-3-4-6-15(14)11-16/h3-12H,13H2,1-2H3,(H,21,22). The maximum Gasteiger partial charge on any atom is 0.251 e. The molecule has 0 bridgehead atoms. The highest BCUT2D eigenvalue weighted by atomic mass is 16.5. The molecule has 0 saturated carbocycles. The quantitative estimate of drug-likeness (QED) is 0.778. The zero-order valence-electron chi connectivity index (χ0n) is 13.7. The van der Waals surface area contributed by atoms with Crippen LogP contribution in [0.2, 0.25) is 0 Å². The normalized spacial score (nSPS) is 10.4. The summed E-state index contributed by atoms with van der Waals surface area (Å²) in [7, 11) is 3.21. The minimum absolute atomic E-state index is 0.112. The summed E-state index contributed by atoms with van der Waals surface area (Å²) >= 11 is 0. The summed E-state index contributed by atoms with van der Waals surface area (Å²) in [5.41, 5.74) is 1.54. The predicted molar refractivity (Wildman–Crippen MR) is 94.7 cm³/mol. The van der Waals surface area contributed by atoms with Crippen LogP contribution >= 0.6 is 0 Å². The number of ether oxygens (including phenoxy) is 2. The third-order valence-corrected chi connectivity index (χ3v) is 3.95. The number of hydrogen-bond donors (Lipinski definition) is 1. The van der Waals surface area contributed by atoms with E-state index in [-0.39, 0.29) is 5.91 Å². The van der Waals surface area contributed by atoms with Gasteiger partial charge in [-0.1, -0.05) is 30.3 Å². The maximum atomic E-state index is 12.4. The fourth-order valence-electron chi connectivity index (χ4n) is 2.61. The van der Waals surface area contributed by atoms with E-state index in [9.17, 15) is 4.79 Å². The zero-order valence-corrected chi connectivity index (χ0v) is 13.7. The molecule has 0 saturated heterocycles. The van der Waals surface area contributed by atoms with Gasteiger partial charge in [-0.25, -0.2) is 0 Å². The first-order valence-corrected chi connectivity index (χ1v) is 7.69. The fourth-order valence-corrected chi connectivity index (χ4v) is 2.61. The molecule has 3 aromatic rings. The summed E-state index contributed by atoms with van der Waals surface area (Å²) in [6, 6.07) is 19.2. The summed E-state index contributed by atoms with van der Waals surface area (Å²) in [4.78, 5) is 12.4. The van der Waals surface area contributed by atoms with Crippen LogP contribution in [-0.4, -0.2) is 20.1 Å². The summed E-state index contributed by atoms with van der Waals surface area (Å²) in [5, 5.41) is 5.10. The molecule has 0 aliphatic carbocycles. The second-order valence-electron chi connectivity index (χ2n) is 5.42. The van der Waals surface area contributed by atoms with Crippen LogP contribution < -0.4 is 14.8 Å². The van der Waals surface area contributed by atoms with Crippen molar-refractivity contribution in [1.29, 1.82) is 0 Å². The Balaban J connectivity index is 1.75. The van der Waals surface area contributed by atoms with Gasteiger partial charge in [0, 0.05) is 23.7 Å². The van der Waals surface area contributed by atoms with Gasteiger partial charge in [-0.15, -0.1) is 0 Å². The van der Waals surface area contributed by atoms with Gasteiger partial charge in [0.15, 0.2) is 0 Å². The van der Waals surface area contributed by atoms with Crippen molar-refractivity contribution in [1.82, 2.24) is 5.32 Å². The van der Waals surface area contributed by atoms with E-state index in [4.69, 9.17) is 9.47 Å². The van der Waals surface area contributed by atoms with E-state index in [0.717, 1.165) is 22.1 Å². The third-order valence-electron chi connectivity index (χ3n) is 3.95. The van der Waals surface area contributed by atoms with Crippen molar-refractivity contribution in [3.05, 3.63) is 71.8 Å². The van der Waals surface area contributed by atoms with E-state index in [0.29, 0.717) is 17.9 Å². The lowest BCUT2D eigenvalue weighted by atomic mass is 10.1. The highest BCUT2D eigenvalue weighted by molar-refractivity contribution is 5.98. The first-order chi connectivity index (χ1) is 11.7. The Morgan fingerprint density at radius 3 is 2.46 bits per heavy atom. The number of fused-ring (bicyclic) bond motifs is 1. The molecule has 1 amide bonds. The van der Waals surface area contributed by atoms with Crippen molar-refractivity contribution >= 4 is 16.7 Å². The van der Waals surface area contributed by atoms with E-state index in [2.05, 4.69) is 5.32 Å². The van der Waals surface area contributed by atoms with Crippen LogP contribution in [-0.2, 0) is 6.54 Å². The zero-order chi connectivity index (χ0) is 16.9. The van der Waals surface area contributed by atoms with Gasteiger partial charge in [0.2, 0.25) is 0 Å². The molecule has 4 nitrogen and oxygen atoms in total. The van der Waals surface area contributed by atoms with Crippen molar-refractivity contribution in [3.8, 4) is 11.5 Å². The predicted octanol–water partition coefficient (Wildman–Crippen LogP) is 3.79. The summed E-state index contributed by atoms with van der Waals surface area (Å²) < 4.78 is 10.5. The SMILES string of the molecule is COc1ccc(CNC(=O)c2ccc3ccccc3c2)c(OC)c1. The lowest BCUT2D eigenvalue weighted by Crippen LogP contribution is -2.23. The van der Waals surface area contributed by atoms with Gasteiger partial charge in [0.1, 0.15) is 11.5 Å². The van der Waals surface area contributed by atoms with Gasteiger partial charge in [0.25, 0.3) is 5.91 Å². The smallest absolute Gasteiger partial charge is 0.251 e. The Kier molecular flexibility index (Phi) is 4.66. The highest BCUT2D eigenvalue weighted by Crippen LogP contribution is 2.24. The molecule has 0 fully saturated rings. The van der Waals surface area contributed by atoms with Crippen molar-refractivity contribution < 1.29 is 14.3 Å². The Labute approximate surface area is 141 Å².